The summed E-state index contributed by atoms with van der Waals surface area (Å²) in [7, 11) is 1.52. The summed E-state index contributed by atoms with van der Waals surface area (Å²) in [6.07, 6.45) is 0. The van der Waals surface area contributed by atoms with Gasteiger partial charge in [0.15, 0.2) is 0 Å². The Morgan fingerprint density at radius 1 is 1.11 bits per heavy atom. The summed E-state index contributed by atoms with van der Waals surface area (Å²) >= 11 is 0. The van der Waals surface area contributed by atoms with Crippen molar-refractivity contribution in [1.29, 1.82) is 0 Å². The van der Waals surface area contributed by atoms with Crippen LogP contribution in [0.3, 0.4) is 0 Å². The van der Waals surface area contributed by atoms with Gasteiger partial charge < -0.3 is 15.2 Å². The summed E-state index contributed by atoms with van der Waals surface area (Å²) in [6, 6.07) is 8.10. The van der Waals surface area contributed by atoms with Gasteiger partial charge in [0.25, 0.3) is 0 Å². The number of benzene rings is 2. The Morgan fingerprint density at radius 2 is 1.89 bits per heavy atom. The van der Waals surface area contributed by atoms with Gasteiger partial charge in [-0.05, 0) is 30.3 Å². The maximum Gasteiger partial charge on any atom is 0.146 e. The Kier molecular flexibility index (Phi) is 3.85. The quantitative estimate of drug-likeness (QED) is 0.864. The van der Waals surface area contributed by atoms with Gasteiger partial charge in [-0.2, -0.15) is 0 Å². The zero-order valence-corrected chi connectivity index (χ0v) is 10.3. The molecule has 5 heteroatoms. The molecule has 0 saturated carbocycles. The molecule has 0 aromatic heterocycles. The molecule has 0 unspecified atom stereocenters. The number of anilines is 1. The molecule has 2 rings (SSSR count). The summed E-state index contributed by atoms with van der Waals surface area (Å²) < 4.78 is 36.8. The van der Waals surface area contributed by atoms with Gasteiger partial charge in [-0.25, -0.2) is 8.78 Å². The molecule has 0 spiro atoms. The predicted octanol–water partition coefficient (Wildman–Crippen LogP) is 3.13. The molecule has 0 aliphatic carbocycles. The molecule has 0 bridgehead atoms. The number of halogens is 2. The van der Waals surface area contributed by atoms with E-state index >= 15 is 0 Å². The van der Waals surface area contributed by atoms with Crippen LogP contribution in [-0.4, -0.2) is 7.11 Å². The molecule has 19 heavy (non-hydrogen) atoms. The van der Waals surface area contributed by atoms with Gasteiger partial charge in [0.2, 0.25) is 0 Å². The van der Waals surface area contributed by atoms with Crippen molar-refractivity contribution in [3.8, 4) is 11.5 Å². The first-order valence-electron chi connectivity index (χ1n) is 5.60. The van der Waals surface area contributed by atoms with E-state index < -0.39 is 11.6 Å². The van der Waals surface area contributed by atoms with Gasteiger partial charge in [-0.1, -0.05) is 0 Å². The van der Waals surface area contributed by atoms with Crippen molar-refractivity contribution < 1.29 is 18.3 Å². The Labute approximate surface area is 109 Å². The van der Waals surface area contributed by atoms with Crippen LogP contribution in [0.15, 0.2) is 36.4 Å². The highest BCUT2D eigenvalue weighted by Crippen LogP contribution is 2.27. The molecule has 0 radical (unpaired) electrons. The van der Waals surface area contributed by atoms with Crippen LogP contribution in [0.2, 0.25) is 0 Å². The first-order chi connectivity index (χ1) is 9.10. The van der Waals surface area contributed by atoms with Crippen LogP contribution >= 0.6 is 0 Å². The SMILES string of the molecule is COc1ccc(N)c(OCc2cc(F)ccc2F)c1. The van der Waals surface area contributed by atoms with E-state index in [2.05, 4.69) is 0 Å². The minimum absolute atomic E-state index is 0.110. The van der Waals surface area contributed by atoms with Gasteiger partial charge in [-0.3, -0.25) is 0 Å². The summed E-state index contributed by atoms with van der Waals surface area (Å²) in [4.78, 5) is 0. The van der Waals surface area contributed by atoms with E-state index in [1.807, 2.05) is 0 Å². The number of methoxy groups -OCH3 is 1. The van der Waals surface area contributed by atoms with Crippen LogP contribution in [0, 0.1) is 11.6 Å². The Hall–Kier alpha value is -2.30. The lowest BCUT2D eigenvalue weighted by atomic mass is 10.2. The molecule has 2 N–H and O–H groups in total. The summed E-state index contributed by atoms with van der Waals surface area (Å²) in [6.45, 7) is -0.110. The second kappa shape index (κ2) is 5.56. The molecular weight excluding hydrogens is 252 g/mol. The van der Waals surface area contributed by atoms with Crippen molar-refractivity contribution in [3.05, 3.63) is 53.6 Å². The summed E-state index contributed by atoms with van der Waals surface area (Å²) in [5.41, 5.74) is 6.26. The number of nitrogen functional groups attached to an aromatic ring is 1. The smallest absolute Gasteiger partial charge is 0.146 e. The molecule has 0 amide bonds. The van der Waals surface area contributed by atoms with E-state index in [0.717, 1.165) is 18.2 Å². The Balaban J connectivity index is 2.16. The highest BCUT2D eigenvalue weighted by molar-refractivity contribution is 5.55. The number of hydrogen-bond acceptors (Lipinski definition) is 3. The topological polar surface area (TPSA) is 44.5 Å². The minimum Gasteiger partial charge on any atom is -0.497 e. The van der Waals surface area contributed by atoms with Gasteiger partial charge in [0.1, 0.15) is 29.7 Å². The molecule has 0 aliphatic heterocycles. The third-order valence-corrected chi connectivity index (χ3v) is 2.61. The number of nitrogens with two attached hydrogens (primary N) is 1. The van der Waals surface area contributed by atoms with E-state index in [0.29, 0.717) is 17.2 Å². The second-order valence-electron chi connectivity index (χ2n) is 3.93. The first-order valence-corrected chi connectivity index (χ1v) is 5.60. The zero-order valence-electron chi connectivity index (χ0n) is 10.3. The van der Waals surface area contributed by atoms with Gasteiger partial charge in [-0.15, -0.1) is 0 Å². The largest absolute Gasteiger partial charge is 0.497 e. The van der Waals surface area contributed by atoms with Gasteiger partial charge >= 0.3 is 0 Å². The van der Waals surface area contributed by atoms with Crippen molar-refractivity contribution in [2.45, 2.75) is 6.61 Å². The minimum atomic E-state index is -0.525. The molecule has 0 heterocycles. The first kappa shape index (κ1) is 13.1. The van der Waals surface area contributed by atoms with Crippen LogP contribution in [0.1, 0.15) is 5.56 Å². The molecule has 2 aromatic carbocycles. The molecular formula is C14H13F2NO2. The molecule has 100 valence electrons. The summed E-state index contributed by atoms with van der Waals surface area (Å²) in [5.74, 6) is -0.103. The number of ether oxygens (including phenoxy) is 2. The fraction of sp³-hybridized carbons (Fsp3) is 0.143. The van der Waals surface area contributed by atoms with Gasteiger partial charge in [0.05, 0.1) is 12.8 Å². The lowest BCUT2D eigenvalue weighted by Gasteiger charge is -2.11. The third kappa shape index (κ3) is 3.13. The van der Waals surface area contributed by atoms with Crippen LogP contribution in [0.5, 0.6) is 11.5 Å². The van der Waals surface area contributed by atoms with Crippen LogP contribution in [-0.2, 0) is 6.61 Å². The van der Waals surface area contributed by atoms with Crippen molar-refractivity contribution in [2.75, 3.05) is 12.8 Å². The molecule has 0 aliphatic rings. The Morgan fingerprint density at radius 3 is 2.63 bits per heavy atom. The normalized spacial score (nSPS) is 10.3. The maximum atomic E-state index is 13.4. The maximum absolute atomic E-state index is 13.4. The van der Waals surface area contributed by atoms with E-state index in [1.165, 1.54) is 7.11 Å². The second-order valence-corrected chi connectivity index (χ2v) is 3.93. The fourth-order valence-electron chi connectivity index (χ4n) is 1.58. The lowest BCUT2D eigenvalue weighted by molar-refractivity contribution is 0.298. The van der Waals surface area contributed by atoms with E-state index in [1.54, 1.807) is 18.2 Å². The standard InChI is InChI=1S/C14H13F2NO2/c1-18-11-3-5-13(17)14(7-11)19-8-9-6-10(15)2-4-12(9)16/h2-7H,8,17H2,1H3. The number of rotatable bonds is 4. The van der Waals surface area contributed by atoms with Crippen molar-refractivity contribution in [2.24, 2.45) is 0 Å². The molecule has 3 nitrogen and oxygen atoms in total. The van der Waals surface area contributed by atoms with Crippen molar-refractivity contribution >= 4 is 5.69 Å². The van der Waals surface area contributed by atoms with Crippen molar-refractivity contribution in [3.63, 3.8) is 0 Å². The van der Waals surface area contributed by atoms with E-state index in [-0.39, 0.29) is 12.2 Å². The van der Waals surface area contributed by atoms with Crippen LogP contribution < -0.4 is 15.2 Å². The Bertz CT molecular complexity index is 588. The highest BCUT2D eigenvalue weighted by Gasteiger charge is 2.07. The molecule has 0 saturated heterocycles. The predicted molar refractivity (Wildman–Crippen MR) is 68.1 cm³/mol. The lowest BCUT2D eigenvalue weighted by Crippen LogP contribution is -2.01. The van der Waals surface area contributed by atoms with Crippen molar-refractivity contribution in [1.82, 2.24) is 0 Å². The van der Waals surface area contributed by atoms with E-state index in [9.17, 15) is 8.78 Å². The molecule has 0 fully saturated rings. The van der Waals surface area contributed by atoms with Crippen LogP contribution in [0.25, 0.3) is 0 Å². The third-order valence-electron chi connectivity index (χ3n) is 2.61. The zero-order chi connectivity index (χ0) is 13.8. The average molecular weight is 265 g/mol. The summed E-state index contributed by atoms with van der Waals surface area (Å²) in [5, 5.41) is 0. The van der Waals surface area contributed by atoms with Crippen LogP contribution in [0.4, 0.5) is 14.5 Å². The van der Waals surface area contributed by atoms with Gasteiger partial charge in [0, 0.05) is 11.6 Å². The molecule has 0 atom stereocenters. The molecule has 2 aromatic rings. The number of hydrogen-bond donors (Lipinski definition) is 1. The fourth-order valence-corrected chi connectivity index (χ4v) is 1.58. The highest BCUT2D eigenvalue weighted by atomic mass is 19.1. The average Bonchev–Trinajstić information content (AvgIpc) is 2.41. The van der Waals surface area contributed by atoms with E-state index in [4.69, 9.17) is 15.2 Å². The monoisotopic (exact) mass is 265 g/mol.